The lowest BCUT2D eigenvalue weighted by Gasteiger charge is -2.12. The maximum atomic E-state index is 4.39. The maximum Gasteiger partial charge on any atom is 0.104 e. The summed E-state index contributed by atoms with van der Waals surface area (Å²) in [7, 11) is 2.10. The van der Waals surface area contributed by atoms with Gasteiger partial charge in [0.05, 0.1) is 16.5 Å². The Morgan fingerprint density at radius 1 is 1.44 bits per heavy atom. The summed E-state index contributed by atoms with van der Waals surface area (Å²) >= 11 is 3.44. The lowest BCUT2D eigenvalue weighted by Crippen LogP contribution is -2.18. The first-order chi connectivity index (χ1) is 7.69. The number of H-pyrrole nitrogens is 1. The van der Waals surface area contributed by atoms with E-state index >= 15 is 0 Å². The van der Waals surface area contributed by atoms with Crippen molar-refractivity contribution in [1.82, 2.24) is 14.9 Å². The summed E-state index contributed by atoms with van der Waals surface area (Å²) in [5.41, 5.74) is 4.45. The number of aryl methyl sites for hydroxylation is 1. The lowest BCUT2D eigenvalue weighted by atomic mass is 10.1. The van der Waals surface area contributed by atoms with Crippen molar-refractivity contribution >= 4 is 27.0 Å². The molecule has 0 radical (unpaired) electrons. The Labute approximate surface area is 104 Å². The molecule has 4 heteroatoms. The van der Waals surface area contributed by atoms with Gasteiger partial charge in [-0.25, -0.2) is 4.98 Å². The largest absolute Gasteiger partial charge is 0.342 e. The van der Waals surface area contributed by atoms with Gasteiger partial charge >= 0.3 is 0 Å². The highest BCUT2D eigenvalue weighted by Crippen LogP contribution is 2.14. The molecule has 1 N–H and O–H groups in total. The van der Waals surface area contributed by atoms with Crippen molar-refractivity contribution in [2.24, 2.45) is 0 Å². The molecule has 0 saturated heterocycles. The number of hydrogen-bond donors (Lipinski definition) is 1. The quantitative estimate of drug-likeness (QED) is 0.690. The van der Waals surface area contributed by atoms with Gasteiger partial charge in [-0.2, -0.15) is 0 Å². The first-order valence-corrected chi connectivity index (χ1v) is 6.51. The summed E-state index contributed by atoms with van der Waals surface area (Å²) in [6.45, 7) is 3.04. The van der Waals surface area contributed by atoms with Gasteiger partial charge in [-0.05, 0) is 38.1 Å². The van der Waals surface area contributed by atoms with E-state index in [0.717, 1.165) is 35.3 Å². The van der Waals surface area contributed by atoms with E-state index < -0.39 is 0 Å². The molecular weight excluding hydrogens is 266 g/mol. The Balaban J connectivity index is 2.13. The van der Waals surface area contributed by atoms with E-state index in [1.54, 1.807) is 0 Å². The van der Waals surface area contributed by atoms with Crippen LogP contribution in [0, 0.1) is 6.92 Å². The molecule has 1 aromatic heterocycles. The number of rotatable bonds is 4. The normalized spacial score (nSPS) is 11.5. The summed E-state index contributed by atoms with van der Waals surface area (Å²) in [5, 5.41) is 0. The standard InChI is InChI=1S/C12H16BrN3/c1-9-14-11-4-3-10(7-12(11)15-9)5-6-16(2)8-13/h3-4,7H,5-6,8H2,1-2H3,(H,14,15). The number of imidazole rings is 1. The topological polar surface area (TPSA) is 31.9 Å². The smallest absolute Gasteiger partial charge is 0.104 e. The second-order valence-electron chi connectivity index (χ2n) is 4.12. The van der Waals surface area contributed by atoms with Crippen LogP contribution in [-0.2, 0) is 6.42 Å². The number of alkyl halides is 1. The Bertz CT molecular complexity index is 478. The van der Waals surface area contributed by atoms with Crippen molar-refractivity contribution in [1.29, 1.82) is 0 Å². The zero-order valence-corrected chi connectivity index (χ0v) is 11.2. The van der Waals surface area contributed by atoms with Gasteiger partial charge in [0.2, 0.25) is 0 Å². The van der Waals surface area contributed by atoms with Crippen molar-refractivity contribution in [3.8, 4) is 0 Å². The Morgan fingerprint density at radius 2 is 2.25 bits per heavy atom. The minimum Gasteiger partial charge on any atom is -0.342 e. The molecule has 0 atom stereocenters. The lowest BCUT2D eigenvalue weighted by molar-refractivity contribution is 0.401. The van der Waals surface area contributed by atoms with E-state index in [1.165, 1.54) is 5.56 Å². The first-order valence-electron chi connectivity index (χ1n) is 5.39. The molecule has 2 rings (SSSR count). The number of nitrogens with one attached hydrogen (secondary N) is 1. The number of aromatic amines is 1. The van der Waals surface area contributed by atoms with Crippen LogP contribution in [-0.4, -0.2) is 33.9 Å². The van der Waals surface area contributed by atoms with Crippen LogP contribution in [0.5, 0.6) is 0 Å². The van der Waals surface area contributed by atoms with Crippen LogP contribution in [0.25, 0.3) is 11.0 Å². The van der Waals surface area contributed by atoms with E-state index in [4.69, 9.17) is 0 Å². The molecule has 3 nitrogen and oxygen atoms in total. The highest BCUT2D eigenvalue weighted by atomic mass is 79.9. The van der Waals surface area contributed by atoms with Crippen molar-refractivity contribution in [3.05, 3.63) is 29.6 Å². The monoisotopic (exact) mass is 281 g/mol. The third-order valence-electron chi connectivity index (χ3n) is 2.65. The molecule has 0 unspecified atom stereocenters. The third-order valence-corrected chi connectivity index (χ3v) is 3.51. The third kappa shape index (κ3) is 2.62. The van der Waals surface area contributed by atoms with Crippen LogP contribution in [0.1, 0.15) is 11.4 Å². The molecule has 0 aliphatic carbocycles. The number of nitrogens with zero attached hydrogens (tertiary/aromatic N) is 2. The van der Waals surface area contributed by atoms with Crippen LogP contribution in [0.4, 0.5) is 0 Å². The summed E-state index contributed by atoms with van der Waals surface area (Å²) < 4.78 is 0. The van der Waals surface area contributed by atoms with Crippen molar-refractivity contribution < 1.29 is 0 Å². The number of halogens is 1. The molecule has 16 heavy (non-hydrogen) atoms. The maximum absolute atomic E-state index is 4.39. The van der Waals surface area contributed by atoms with Gasteiger partial charge in [-0.3, -0.25) is 4.90 Å². The fourth-order valence-corrected chi connectivity index (χ4v) is 1.97. The van der Waals surface area contributed by atoms with E-state index in [9.17, 15) is 0 Å². The average Bonchev–Trinajstić information content (AvgIpc) is 2.65. The van der Waals surface area contributed by atoms with E-state index in [0.29, 0.717) is 0 Å². The number of benzene rings is 1. The Kier molecular flexibility index (Phi) is 3.61. The second kappa shape index (κ2) is 4.97. The molecule has 0 saturated carbocycles. The van der Waals surface area contributed by atoms with Gasteiger partial charge in [0.25, 0.3) is 0 Å². The molecule has 2 aromatic rings. The average molecular weight is 282 g/mol. The fraction of sp³-hybridized carbons (Fsp3) is 0.417. The van der Waals surface area contributed by atoms with Crippen molar-refractivity contribution in [2.45, 2.75) is 13.3 Å². The fourth-order valence-electron chi connectivity index (χ4n) is 1.72. The predicted octanol–water partition coefficient (Wildman–Crippen LogP) is 2.70. The van der Waals surface area contributed by atoms with Gasteiger partial charge in [0, 0.05) is 6.54 Å². The molecule has 0 fully saturated rings. The molecule has 0 aliphatic heterocycles. The molecule has 86 valence electrons. The molecule has 1 aromatic carbocycles. The number of likely N-dealkylation sites (N-methyl/N-ethyl adjacent to an activating group) is 1. The van der Waals surface area contributed by atoms with Crippen molar-refractivity contribution in [2.75, 3.05) is 19.0 Å². The molecular formula is C12H16BrN3. The van der Waals surface area contributed by atoms with Crippen LogP contribution in [0.2, 0.25) is 0 Å². The highest BCUT2D eigenvalue weighted by Gasteiger charge is 2.02. The van der Waals surface area contributed by atoms with Gasteiger partial charge in [-0.1, -0.05) is 22.0 Å². The van der Waals surface area contributed by atoms with E-state index in [1.807, 2.05) is 6.92 Å². The molecule has 0 spiro atoms. The first kappa shape index (κ1) is 11.6. The Morgan fingerprint density at radius 3 is 3.00 bits per heavy atom. The second-order valence-corrected chi connectivity index (χ2v) is 4.62. The summed E-state index contributed by atoms with van der Waals surface area (Å²) in [5.74, 6) is 0.977. The van der Waals surface area contributed by atoms with Crippen LogP contribution < -0.4 is 0 Å². The van der Waals surface area contributed by atoms with Crippen LogP contribution >= 0.6 is 15.9 Å². The zero-order chi connectivity index (χ0) is 11.5. The van der Waals surface area contributed by atoms with Crippen molar-refractivity contribution in [3.63, 3.8) is 0 Å². The molecule has 0 bridgehead atoms. The molecule has 0 amide bonds. The number of aromatic nitrogens is 2. The summed E-state index contributed by atoms with van der Waals surface area (Å²) in [6.07, 6.45) is 1.07. The SMILES string of the molecule is Cc1nc2ccc(CCN(C)CBr)cc2[nH]1. The minimum absolute atomic E-state index is 0.915. The van der Waals surface area contributed by atoms with Gasteiger partial charge < -0.3 is 4.98 Å². The summed E-state index contributed by atoms with van der Waals surface area (Å²) in [4.78, 5) is 9.90. The van der Waals surface area contributed by atoms with Gasteiger partial charge in [0.1, 0.15) is 5.82 Å². The van der Waals surface area contributed by atoms with E-state index in [-0.39, 0.29) is 0 Å². The van der Waals surface area contributed by atoms with Gasteiger partial charge in [0.15, 0.2) is 0 Å². The zero-order valence-electron chi connectivity index (χ0n) is 9.63. The highest BCUT2D eigenvalue weighted by molar-refractivity contribution is 9.09. The molecule has 0 aliphatic rings. The minimum atomic E-state index is 0.915. The predicted molar refractivity (Wildman–Crippen MR) is 71.0 cm³/mol. The number of hydrogen-bond acceptors (Lipinski definition) is 2. The number of fused-ring (bicyclic) bond motifs is 1. The Hall–Kier alpha value is -0.870. The van der Waals surface area contributed by atoms with Crippen LogP contribution in [0.15, 0.2) is 18.2 Å². The molecule has 1 heterocycles. The van der Waals surface area contributed by atoms with Gasteiger partial charge in [-0.15, -0.1) is 0 Å². The summed E-state index contributed by atoms with van der Waals surface area (Å²) in [6, 6.07) is 6.43. The van der Waals surface area contributed by atoms with Crippen LogP contribution in [0.3, 0.4) is 0 Å². The van der Waals surface area contributed by atoms with E-state index in [2.05, 4.69) is 56.0 Å².